The van der Waals surface area contributed by atoms with Crippen LogP contribution in [0.5, 0.6) is 5.75 Å². The van der Waals surface area contributed by atoms with Crippen molar-refractivity contribution in [2.75, 3.05) is 13.2 Å². The lowest BCUT2D eigenvalue weighted by Crippen LogP contribution is -2.43. The van der Waals surface area contributed by atoms with Gasteiger partial charge in [-0.3, -0.25) is 4.79 Å². The van der Waals surface area contributed by atoms with Crippen LogP contribution in [0.3, 0.4) is 0 Å². The average molecular weight is 438 g/mol. The van der Waals surface area contributed by atoms with Crippen molar-refractivity contribution in [1.82, 2.24) is 16.0 Å². The van der Waals surface area contributed by atoms with Crippen LogP contribution in [0.1, 0.15) is 69.0 Å². The van der Waals surface area contributed by atoms with Crippen molar-refractivity contribution in [2.24, 2.45) is 0 Å². The summed E-state index contributed by atoms with van der Waals surface area (Å²) in [5.74, 6) is 0.772. The van der Waals surface area contributed by atoms with E-state index in [1.165, 1.54) is 19.3 Å². The summed E-state index contributed by atoms with van der Waals surface area (Å²) < 4.78 is 5.53. The molecule has 0 radical (unpaired) electrons. The lowest BCUT2D eigenvalue weighted by molar-refractivity contribution is -0.121. The molecule has 1 saturated carbocycles. The monoisotopic (exact) mass is 437 g/mol. The first-order valence-corrected chi connectivity index (χ1v) is 11.8. The van der Waals surface area contributed by atoms with Gasteiger partial charge in [-0.15, -0.1) is 0 Å². The number of nitrogens with one attached hydrogen (secondary N) is 3. The summed E-state index contributed by atoms with van der Waals surface area (Å²) in [6.07, 6.45) is 6.68. The largest absolute Gasteiger partial charge is 0.494 e. The molecule has 0 bridgehead atoms. The highest BCUT2D eigenvalue weighted by Crippen LogP contribution is 2.24. The molecule has 3 amide bonds. The normalized spacial score (nSPS) is 14.9. The fourth-order valence-corrected chi connectivity index (χ4v) is 4.10. The summed E-state index contributed by atoms with van der Waals surface area (Å²) in [5, 5.41) is 9.06. The van der Waals surface area contributed by atoms with Crippen molar-refractivity contribution in [1.29, 1.82) is 0 Å². The van der Waals surface area contributed by atoms with Crippen LogP contribution >= 0.6 is 0 Å². The molecule has 0 aliphatic heterocycles. The number of urea groups is 1. The zero-order chi connectivity index (χ0) is 22.6. The highest BCUT2D eigenvalue weighted by atomic mass is 16.5. The van der Waals surface area contributed by atoms with E-state index in [1.807, 2.05) is 61.5 Å². The molecule has 0 heterocycles. The van der Waals surface area contributed by atoms with Gasteiger partial charge >= 0.3 is 6.03 Å². The van der Waals surface area contributed by atoms with Gasteiger partial charge in [0.05, 0.1) is 12.6 Å². The van der Waals surface area contributed by atoms with E-state index in [0.717, 1.165) is 29.7 Å². The van der Waals surface area contributed by atoms with Crippen LogP contribution in [-0.4, -0.2) is 31.1 Å². The number of rotatable bonds is 10. The molecule has 0 saturated heterocycles. The van der Waals surface area contributed by atoms with E-state index in [0.29, 0.717) is 26.0 Å². The number of hydrogen-bond donors (Lipinski definition) is 3. The molecule has 2 aromatic carbocycles. The summed E-state index contributed by atoms with van der Waals surface area (Å²) in [6.45, 7) is 3.05. The Hall–Kier alpha value is -3.02. The van der Waals surface area contributed by atoms with Crippen molar-refractivity contribution >= 4 is 11.9 Å². The lowest BCUT2D eigenvalue weighted by atomic mass is 9.96. The van der Waals surface area contributed by atoms with E-state index in [2.05, 4.69) is 16.0 Å². The minimum Gasteiger partial charge on any atom is -0.494 e. The van der Waals surface area contributed by atoms with E-state index in [4.69, 9.17) is 4.74 Å². The Bertz CT molecular complexity index is 833. The third-order valence-corrected chi connectivity index (χ3v) is 5.77. The van der Waals surface area contributed by atoms with Crippen LogP contribution in [0.15, 0.2) is 54.6 Å². The third kappa shape index (κ3) is 7.59. The molecule has 0 unspecified atom stereocenters. The molecule has 172 valence electrons. The molecule has 0 aromatic heterocycles. The molecular weight excluding hydrogens is 402 g/mol. The molecule has 3 rings (SSSR count). The van der Waals surface area contributed by atoms with Gasteiger partial charge in [-0.25, -0.2) is 4.79 Å². The predicted molar refractivity (Wildman–Crippen MR) is 127 cm³/mol. The fraction of sp³-hybridized carbons (Fsp3) is 0.462. The number of carbonyl (C=O) groups excluding carboxylic acids is 2. The van der Waals surface area contributed by atoms with Gasteiger partial charge in [0, 0.05) is 19.0 Å². The number of benzene rings is 2. The first-order chi connectivity index (χ1) is 15.7. The number of amides is 3. The van der Waals surface area contributed by atoms with E-state index in [-0.39, 0.29) is 24.0 Å². The van der Waals surface area contributed by atoms with Gasteiger partial charge in [-0.05, 0) is 49.4 Å². The molecule has 1 fully saturated rings. The second-order valence-corrected chi connectivity index (χ2v) is 8.25. The van der Waals surface area contributed by atoms with Gasteiger partial charge in [0.2, 0.25) is 5.91 Å². The Kier molecular flexibility index (Phi) is 9.41. The Morgan fingerprint density at radius 3 is 2.34 bits per heavy atom. The highest BCUT2D eigenvalue weighted by Gasteiger charge is 2.18. The zero-order valence-corrected chi connectivity index (χ0v) is 18.9. The predicted octanol–water partition coefficient (Wildman–Crippen LogP) is 4.70. The molecular formula is C26H35N3O3. The first-order valence-electron chi connectivity index (χ1n) is 11.8. The minimum atomic E-state index is -0.234. The number of hydrogen-bond acceptors (Lipinski definition) is 3. The summed E-state index contributed by atoms with van der Waals surface area (Å²) in [7, 11) is 0. The van der Waals surface area contributed by atoms with Crippen LogP contribution in [-0.2, 0) is 4.79 Å². The standard InChI is InChI=1S/C26H35N3O3/c1-2-32-23-17-15-21(16-18-23)25(20-10-5-3-6-11-20)29-24(30)14-9-19-27-26(31)28-22-12-7-4-8-13-22/h3,5-6,10-11,15-18,22,25H,2,4,7-9,12-14,19H2,1H3,(H,29,30)(H2,27,28,31)/t25-/m1/s1. The van der Waals surface area contributed by atoms with Crippen molar-refractivity contribution in [3.05, 3.63) is 65.7 Å². The first kappa shape index (κ1) is 23.6. The summed E-state index contributed by atoms with van der Waals surface area (Å²) in [5.41, 5.74) is 2.02. The van der Waals surface area contributed by atoms with Crippen molar-refractivity contribution in [2.45, 2.75) is 64.0 Å². The van der Waals surface area contributed by atoms with E-state index < -0.39 is 0 Å². The Balaban J connectivity index is 1.48. The quantitative estimate of drug-likeness (QED) is 0.471. The molecule has 2 aromatic rings. The smallest absolute Gasteiger partial charge is 0.315 e. The molecule has 32 heavy (non-hydrogen) atoms. The number of carbonyl (C=O) groups is 2. The van der Waals surface area contributed by atoms with Gasteiger partial charge in [0.25, 0.3) is 0 Å². The molecule has 1 atom stereocenters. The van der Waals surface area contributed by atoms with Crippen molar-refractivity contribution in [3.8, 4) is 5.75 Å². The van der Waals surface area contributed by atoms with Gasteiger partial charge in [0.1, 0.15) is 5.75 Å². The maximum atomic E-state index is 12.7. The average Bonchev–Trinajstić information content (AvgIpc) is 2.82. The second kappa shape index (κ2) is 12.7. The Morgan fingerprint density at radius 1 is 0.969 bits per heavy atom. The third-order valence-electron chi connectivity index (χ3n) is 5.77. The SMILES string of the molecule is CCOc1ccc([C@H](NC(=O)CCCNC(=O)NC2CCCCC2)c2ccccc2)cc1. The van der Waals surface area contributed by atoms with Crippen molar-refractivity contribution in [3.63, 3.8) is 0 Å². The van der Waals surface area contributed by atoms with Gasteiger partial charge in [-0.2, -0.15) is 0 Å². The maximum Gasteiger partial charge on any atom is 0.315 e. The summed E-state index contributed by atoms with van der Waals surface area (Å²) >= 11 is 0. The molecule has 6 nitrogen and oxygen atoms in total. The topological polar surface area (TPSA) is 79.5 Å². The van der Waals surface area contributed by atoms with Gasteiger partial charge in [0.15, 0.2) is 0 Å². The lowest BCUT2D eigenvalue weighted by Gasteiger charge is -2.23. The molecule has 0 spiro atoms. The van der Waals surface area contributed by atoms with Crippen LogP contribution in [0.25, 0.3) is 0 Å². The molecule has 3 N–H and O–H groups in total. The second-order valence-electron chi connectivity index (χ2n) is 8.25. The summed E-state index contributed by atoms with van der Waals surface area (Å²) in [4.78, 5) is 24.7. The molecule has 1 aliphatic rings. The van der Waals surface area contributed by atoms with Crippen LogP contribution in [0.4, 0.5) is 4.79 Å². The van der Waals surface area contributed by atoms with Gasteiger partial charge < -0.3 is 20.7 Å². The van der Waals surface area contributed by atoms with Crippen molar-refractivity contribution < 1.29 is 14.3 Å². The van der Waals surface area contributed by atoms with Gasteiger partial charge in [-0.1, -0.05) is 61.7 Å². The van der Waals surface area contributed by atoms with E-state index >= 15 is 0 Å². The van der Waals surface area contributed by atoms with E-state index in [1.54, 1.807) is 0 Å². The fourth-order valence-electron chi connectivity index (χ4n) is 4.10. The highest BCUT2D eigenvalue weighted by molar-refractivity contribution is 5.77. The molecule has 6 heteroatoms. The van der Waals surface area contributed by atoms with Crippen LogP contribution in [0, 0.1) is 0 Å². The summed E-state index contributed by atoms with van der Waals surface area (Å²) in [6, 6.07) is 17.7. The van der Waals surface area contributed by atoms with Crippen LogP contribution in [0.2, 0.25) is 0 Å². The molecule has 1 aliphatic carbocycles. The van der Waals surface area contributed by atoms with Crippen LogP contribution < -0.4 is 20.7 Å². The minimum absolute atomic E-state index is 0.0396. The Morgan fingerprint density at radius 2 is 1.66 bits per heavy atom. The van der Waals surface area contributed by atoms with E-state index in [9.17, 15) is 9.59 Å². The Labute approximate surface area is 191 Å². The number of ether oxygens (including phenoxy) is 1. The maximum absolute atomic E-state index is 12.7. The zero-order valence-electron chi connectivity index (χ0n) is 18.9.